The van der Waals surface area contributed by atoms with Crippen LogP contribution in [0.2, 0.25) is 0 Å². The summed E-state index contributed by atoms with van der Waals surface area (Å²) in [6, 6.07) is 21.0. The maximum Gasteiger partial charge on any atom is 0.433 e. The third kappa shape index (κ3) is 3.42. The lowest BCUT2D eigenvalue weighted by Crippen LogP contribution is -2.06. The van der Waals surface area contributed by atoms with Gasteiger partial charge in [-0.15, -0.1) is 0 Å². The van der Waals surface area contributed by atoms with Crippen LogP contribution in [0.25, 0.3) is 11.1 Å². The summed E-state index contributed by atoms with van der Waals surface area (Å²) in [5.74, 6) is 0. The highest BCUT2D eigenvalue weighted by atomic mass is 19.4. The number of nitrogens with zero attached hydrogens (tertiary/aromatic N) is 1. The number of hydrogen-bond donors (Lipinski definition) is 0. The number of alkyl halides is 3. The van der Waals surface area contributed by atoms with E-state index in [4.69, 9.17) is 0 Å². The minimum atomic E-state index is -4.32. The minimum Gasteiger partial charge on any atom is -0.252 e. The molecule has 0 bridgehead atoms. The maximum atomic E-state index is 11.7. The van der Waals surface area contributed by atoms with E-state index >= 15 is 0 Å². The Labute approximate surface area is 132 Å². The van der Waals surface area contributed by atoms with Crippen LogP contribution in [0.3, 0.4) is 0 Å². The third-order valence-corrected chi connectivity index (χ3v) is 3.66. The Balaban J connectivity index is 0.000000142. The number of rotatable bonds is 0. The first-order chi connectivity index (χ1) is 11.1. The van der Waals surface area contributed by atoms with Gasteiger partial charge in [0.15, 0.2) is 0 Å². The molecule has 1 nitrogen and oxygen atoms in total. The van der Waals surface area contributed by atoms with Gasteiger partial charge in [-0.3, -0.25) is 4.98 Å². The molecule has 23 heavy (non-hydrogen) atoms. The van der Waals surface area contributed by atoms with E-state index in [0.717, 1.165) is 18.7 Å². The van der Waals surface area contributed by atoms with Crippen molar-refractivity contribution in [3.63, 3.8) is 0 Å². The van der Waals surface area contributed by atoms with Gasteiger partial charge >= 0.3 is 6.18 Å². The topological polar surface area (TPSA) is 12.9 Å². The molecule has 0 fully saturated rings. The molecule has 0 amide bonds. The second-order valence-electron chi connectivity index (χ2n) is 5.20. The van der Waals surface area contributed by atoms with Crippen LogP contribution in [-0.4, -0.2) is 4.98 Å². The van der Waals surface area contributed by atoms with Crippen LogP contribution in [0.1, 0.15) is 16.8 Å². The van der Waals surface area contributed by atoms with Gasteiger partial charge in [-0.25, -0.2) is 0 Å². The first-order valence-electron chi connectivity index (χ1n) is 7.20. The zero-order chi connectivity index (χ0) is 16.3. The molecule has 0 atom stereocenters. The predicted molar refractivity (Wildman–Crippen MR) is 83.9 cm³/mol. The van der Waals surface area contributed by atoms with Crippen molar-refractivity contribution in [2.75, 3.05) is 0 Å². The third-order valence-electron chi connectivity index (χ3n) is 3.66. The molecule has 0 spiro atoms. The van der Waals surface area contributed by atoms with Crippen molar-refractivity contribution < 1.29 is 13.2 Å². The van der Waals surface area contributed by atoms with Crippen LogP contribution in [0.4, 0.5) is 13.2 Å². The van der Waals surface area contributed by atoms with Crippen LogP contribution in [0.5, 0.6) is 0 Å². The molecule has 1 aliphatic rings. The van der Waals surface area contributed by atoms with Crippen LogP contribution >= 0.6 is 0 Å². The molecular weight excluding hydrogens is 299 g/mol. The molecule has 1 heterocycles. The fraction of sp³-hybridized carbons (Fsp3) is 0.105. The van der Waals surface area contributed by atoms with Crippen LogP contribution in [0, 0.1) is 0 Å². The second-order valence-corrected chi connectivity index (χ2v) is 5.20. The predicted octanol–water partition coefficient (Wildman–Crippen LogP) is 5.36. The van der Waals surface area contributed by atoms with Crippen molar-refractivity contribution in [2.45, 2.75) is 12.6 Å². The first-order valence-corrected chi connectivity index (χ1v) is 7.20. The summed E-state index contributed by atoms with van der Waals surface area (Å²) in [5, 5.41) is 0. The zero-order valence-electron chi connectivity index (χ0n) is 12.2. The molecular formula is C19H14F3N. The Morgan fingerprint density at radius 2 is 1.22 bits per heavy atom. The van der Waals surface area contributed by atoms with Gasteiger partial charge in [0.2, 0.25) is 0 Å². The Hall–Kier alpha value is -2.62. The van der Waals surface area contributed by atoms with E-state index in [2.05, 4.69) is 53.5 Å². The summed E-state index contributed by atoms with van der Waals surface area (Å²) in [6.07, 6.45) is -2.10. The van der Waals surface area contributed by atoms with Crippen molar-refractivity contribution in [3.05, 3.63) is 89.7 Å². The van der Waals surface area contributed by atoms with Gasteiger partial charge in [0.05, 0.1) is 0 Å². The van der Waals surface area contributed by atoms with Crippen LogP contribution in [0.15, 0.2) is 72.9 Å². The molecule has 0 aliphatic heterocycles. The summed E-state index contributed by atoms with van der Waals surface area (Å²) < 4.78 is 35.2. The Bertz CT molecular complexity index is 751. The molecule has 0 saturated heterocycles. The molecule has 0 N–H and O–H groups in total. The summed E-state index contributed by atoms with van der Waals surface area (Å²) in [5.41, 5.74) is 4.90. The SMILES string of the molecule is FC(F)(F)c1ccccn1.c1ccc2c(c1)Cc1ccccc1-2. The molecule has 4 rings (SSSR count). The largest absolute Gasteiger partial charge is 0.433 e. The van der Waals surface area contributed by atoms with Crippen LogP contribution < -0.4 is 0 Å². The van der Waals surface area contributed by atoms with Gasteiger partial charge in [-0.2, -0.15) is 13.2 Å². The molecule has 2 aromatic carbocycles. The standard InChI is InChI=1S/C13H10.C6H4F3N/c1-3-7-12-10(5-1)9-11-6-2-4-8-13(11)12;7-6(8,9)5-3-1-2-4-10-5/h1-8H,9H2;1-4H. The highest BCUT2D eigenvalue weighted by molar-refractivity contribution is 5.76. The van der Waals surface area contributed by atoms with Crippen molar-refractivity contribution in [2.24, 2.45) is 0 Å². The van der Waals surface area contributed by atoms with Gasteiger partial charge in [0.25, 0.3) is 0 Å². The number of fused-ring (bicyclic) bond motifs is 3. The smallest absolute Gasteiger partial charge is 0.252 e. The quantitative estimate of drug-likeness (QED) is 0.426. The van der Waals surface area contributed by atoms with Gasteiger partial charge in [-0.1, -0.05) is 54.6 Å². The maximum absolute atomic E-state index is 11.7. The van der Waals surface area contributed by atoms with Crippen molar-refractivity contribution >= 4 is 0 Å². The van der Waals surface area contributed by atoms with Gasteiger partial charge in [0.1, 0.15) is 5.69 Å². The Kier molecular flexibility index (Phi) is 4.15. The summed E-state index contributed by atoms with van der Waals surface area (Å²) in [4.78, 5) is 3.12. The van der Waals surface area contributed by atoms with E-state index in [9.17, 15) is 13.2 Å². The van der Waals surface area contributed by atoms with Crippen LogP contribution in [-0.2, 0) is 12.6 Å². The van der Waals surface area contributed by atoms with E-state index in [1.807, 2.05) is 0 Å². The molecule has 0 unspecified atom stereocenters. The molecule has 3 aromatic rings. The fourth-order valence-corrected chi connectivity index (χ4v) is 2.61. The van der Waals surface area contributed by atoms with Crippen molar-refractivity contribution in [3.8, 4) is 11.1 Å². The van der Waals surface area contributed by atoms with E-state index < -0.39 is 11.9 Å². The Morgan fingerprint density at radius 3 is 1.65 bits per heavy atom. The number of benzene rings is 2. The molecule has 0 radical (unpaired) electrons. The number of hydrogen-bond acceptors (Lipinski definition) is 1. The average molecular weight is 313 g/mol. The first kappa shape index (κ1) is 15.3. The highest BCUT2D eigenvalue weighted by Crippen LogP contribution is 2.35. The minimum absolute atomic E-state index is 0.852. The normalized spacial score (nSPS) is 12.0. The lowest BCUT2D eigenvalue weighted by molar-refractivity contribution is -0.141. The summed E-state index contributed by atoms with van der Waals surface area (Å²) in [6.45, 7) is 0. The number of pyridine rings is 1. The van der Waals surface area contributed by atoms with E-state index in [1.165, 1.54) is 34.4 Å². The number of halogens is 3. The lowest BCUT2D eigenvalue weighted by atomic mass is 10.1. The van der Waals surface area contributed by atoms with Gasteiger partial charge < -0.3 is 0 Å². The van der Waals surface area contributed by atoms with Crippen molar-refractivity contribution in [1.29, 1.82) is 0 Å². The number of aromatic nitrogens is 1. The van der Waals surface area contributed by atoms with Gasteiger partial charge in [0, 0.05) is 6.20 Å². The molecule has 1 aliphatic carbocycles. The monoisotopic (exact) mass is 313 g/mol. The molecule has 0 saturated carbocycles. The zero-order valence-corrected chi connectivity index (χ0v) is 12.2. The average Bonchev–Trinajstić information content (AvgIpc) is 2.94. The van der Waals surface area contributed by atoms with E-state index in [1.54, 1.807) is 0 Å². The lowest BCUT2D eigenvalue weighted by Gasteiger charge is -2.02. The molecule has 4 heteroatoms. The highest BCUT2D eigenvalue weighted by Gasteiger charge is 2.31. The second kappa shape index (κ2) is 6.24. The van der Waals surface area contributed by atoms with E-state index in [-0.39, 0.29) is 0 Å². The summed E-state index contributed by atoms with van der Waals surface area (Å²) in [7, 11) is 0. The van der Waals surface area contributed by atoms with Crippen molar-refractivity contribution in [1.82, 2.24) is 4.98 Å². The van der Waals surface area contributed by atoms with E-state index in [0.29, 0.717) is 0 Å². The molecule has 116 valence electrons. The van der Waals surface area contributed by atoms with Gasteiger partial charge in [-0.05, 0) is 40.8 Å². The fourth-order valence-electron chi connectivity index (χ4n) is 2.61. The summed E-state index contributed by atoms with van der Waals surface area (Å²) >= 11 is 0. The molecule has 1 aromatic heterocycles. The Morgan fingerprint density at radius 1 is 0.696 bits per heavy atom.